The summed E-state index contributed by atoms with van der Waals surface area (Å²) in [4.78, 5) is 40.0. The molecular weight excluding hydrogens is 340 g/mol. The van der Waals surface area contributed by atoms with Gasteiger partial charge in [-0.1, -0.05) is 0 Å². The monoisotopic (exact) mass is 352 g/mol. The molecule has 9 heteroatoms. The van der Waals surface area contributed by atoms with Crippen LogP contribution in [0.3, 0.4) is 0 Å². The molecule has 3 heterocycles. The summed E-state index contributed by atoms with van der Waals surface area (Å²) in [6, 6.07) is 1.40. The summed E-state index contributed by atoms with van der Waals surface area (Å²) >= 11 is 3.31. The van der Waals surface area contributed by atoms with Crippen LogP contribution in [0.15, 0.2) is 32.5 Å². The normalized spacial score (nSPS) is 15.3. The molecular formula is C12H13BrN6O2. The lowest BCUT2D eigenvalue weighted by molar-refractivity contribution is 0.632. The van der Waals surface area contributed by atoms with Gasteiger partial charge in [0.1, 0.15) is 5.82 Å². The van der Waals surface area contributed by atoms with Gasteiger partial charge >= 0.3 is 5.69 Å². The largest absolute Gasteiger partial charge is 0.354 e. The highest BCUT2D eigenvalue weighted by Gasteiger charge is 2.19. The molecule has 0 spiro atoms. The Balaban J connectivity index is 1.71. The van der Waals surface area contributed by atoms with Crippen molar-refractivity contribution >= 4 is 27.7 Å². The highest BCUT2D eigenvalue weighted by molar-refractivity contribution is 9.10. The van der Waals surface area contributed by atoms with E-state index in [9.17, 15) is 9.59 Å². The first-order valence-electron chi connectivity index (χ1n) is 6.43. The van der Waals surface area contributed by atoms with Crippen molar-refractivity contribution in [2.75, 3.05) is 36.0 Å². The van der Waals surface area contributed by atoms with E-state index in [-0.39, 0.29) is 0 Å². The smallest absolute Gasteiger partial charge is 0.327 e. The molecule has 1 aliphatic heterocycles. The third kappa shape index (κ3) is 3.13. The Morgan fingerprint density at radius 3 is 2.24 bits per heavy atom. The van der Waals surface area contributed by atoms with Gasteiger partial charge in [-0.05, 0) is 15.9 Å². The van der Waals surface area contributed by atoms with Crippen LogP contribution in [0.4, 0.5) is 11.8 Å². The molecule has 0 amide bonds. The van der Waals surface area contributed by atoms with E-state index in [4.69, 9.17) is 0 Å². The first-order chi connectivity index (χ1) is 10.1. The molecule has 1 fully saturated rings. The molecule has 2 N–H and O–H groups in total. The van der Waals surface area contributed by atoms with Crippen molar-refractivity contribution in [3.63, 3.8) is 0 Å². The second kappa shape index (κ2) is 5.68. The zero-order chi connectivity index (χ0) is 14.8. The van der Waals surface area contributed by atoms with Crippen LogP contribution in [0, 0.1) is 0 Å². The fourth-order valence-electron chi connectivity index (χ4n) is 2.24. The molecule has 0 aliphatic carbocycles. The zero-order valence-electron chi connectivity index (χ0n) is 11.0. The number of H-pyrrole nitrogens is 2. The summed E-state index contributed by atoms with van der Waals surface area (Å²) in [5, 5.41) is 0. The molecule has 0 atom stereocenters. The van der Waals surface area contributed by atoms with Gasteiger partial charge in [0.2, 0.25) is 5.95 Å². The Hall–Kier alpha value is -2.16. The molecule has 8 nitrogen and oxygen atoms in total. The first-order valence-corrected chi connectivity index (χ1v) is 7.22. The van der Waals surface area contributed by atoms with Crippen molar-refractivity contribution in [2.24, 2.45) is 0 Å². The van der Waals surface area contributed by atoms with Crippen LogP contribution >= 0.6 is 15.9 Å². The average Bonchev–Trinajstić information content (AvgIpc) is 2.47. The maximum atomic E-state index is 11.3. The van der Waals surface area contributed by atoms with Crippen molar-refractivity contribution in [2.45, 2.75) is 0 Å². The molecule has 2 aromatic heterocycles. The molecule has 110 valence electrons. The summed E-state index contributed by atoms with van der Waals surface area (Å²) in [5.41, 5.74) is -0.886. The molecule has 2 aromatic rings. The molecule has 3 rings (SSSR count). The Labute approximate surface area is 128 Å². The summed E-state index contributed by atoms with van der Waals surface area (Å²) in [5.74, 6) is 1.22. The summed E-state index contributed by atoms with van der Waals surface area (Å²) in [7, 11) is 0. The number of nitrogens with zero attached hydrogens (tertiary/aromatic N) is 4. The van der Waals surface area contributed by atoms with Crippen LogP contribution < -0.4 is 21.0 Å². The Morgan fingerprint density at radius 2 is 1.62 bits per heavy atom. The van der Waals surface area contributed by atoms with Crippen molar-refractivity contribution < 1.29 is 0 Å². The lowest BCUT2D eigenvalue weighted by Gasteiger charge is -2.35. The second-order valence-corrected chi connectivity index (χ2v) is 5.56. The molecule has 1 aliphatic rings. The van der Waals surface area contributed by atoms with Gasteiger partial charge in [0.25, 0.3) is 5.56 Å². The standard InChI is InChI=1S/C12H13BrN6O2/c13-8-6-14-11(15-7-8)19-3-1-18(2-4-19)9-5-10(20)17-12(21)16-9/h5-7H,1-4H2,(H2,16,17,20,21). The van der Waals surface area contributed by atoms with Crippen LogP contribution in [0.1, 0.15) is 0 Å². The fourth-order valence-corrected chi connectivity index (χ4v) is 2.45. The topological polar surface area (TPSA) is 98.0 Å². The third-order valence-corrected chi connectivity index (χ3v) is 3.67. The molecule has 0 saturated carbocycles. The lowest BCUT2D eigenvalue weighted by atomic mass is 10.3. The van der Waals surface area contributed by atoms with Crippen molar-refractivity contribution in [3.8, 4) is 0 Å². The molecule has 21 heavy (non-hydrogen) atoms. The van der Waals surface area contributed by atoms with Gasteiger partial charge in [0, 0.05) is 44.6 Å². The summed E-state index contributed by atoms with van der Waals surface area (Å²) < 4.78 is 0.839. The predicted molar refractivity (Wildman–Crippen MR) is 81.8 cm³/mol. The molecule has 0 bridgehead atoms. The minimum atomic E-state index is -0.490. The highest BCUT2D eigenvalue weighted by Crippen LogP contribution is 2.15. The van der Waals surface area contributed by atoms with Crippen LogP contribution in [0.5, 0.6) is 0 Å². The SMILES string of the molecule is O=c1cc(N2CCN(c3ncc(Br)cn3)CC2)[nH]c(=O)[nH]1. The van der Waals surface area contributed by atoms with Gasteiger partial charge < -0.3 is 9.80 Å². The molecule has 0 unspecified atom stereocenters. The minimum absolute atomic E-state index is 0.396. The van der Waals surface area contributed by atoms with Gasteiger partial charge in [0.05, 0.1) is 4.47 Å². The highest BCUT2D eigenvalue weighted by atomic mass is 79.9. The van der Waals surface area contributed by atoms with Crippen LogP contribution in [-0.4, -0.2) is 46.1 Å². The summed E-state index contributed by atoms with van der Waals surface area (Å²) in [6.07, 6.45) is 3.42. The van der Waals surface area contributed by atoms with Gasteiger partial charge in [-0.15, -0.1) is 0 Å². The second-order valence-electron chi connectivity index (χ2n) is 4.65. The Morgan fingerprint density at radius 1 is 1.00 bits per heavy atom. The van der Waals surface area contributed by atoms with Crippen molar-refractivity contribution in [1.29, 1.82) is 0 Å². The maximum absolute atomic E-state index is 11.3. The Kier molecular flexibility index (Phi) is 3.74. The van der Waals surface area contributed by atoms with Crippen molar-refractivity contribution in [1.82, 2.24) is 19.9 Å². The number of hydrogen-bond acceptors (Lipinski definition) is 6. The van der Waals surface area contributed by atoms with E-state index in [1.807, 2.05) is 4.90 Å². The number of piperazine rings is 1. The average molecular weight is 353 g/mol. The van der Waals surface area contributed by atoms with Crippen LogP contribution in [0.25, 0.3) is 0 Å². The molecule has 0 radical (unpaired) electrons. The van der Waals surface area contributed by atoms with E-state index in [1.54, 1.807) is 12.4 Å². The first kappa shape index (κ1) is 13.8. The maximum Gasteiger partial charge on any atom is 0.327 e. The number of aromatic amines is 2. The van der Waals surface area contributed by atoms with E-state index in [2.05, 4.69) is 40.8 Å². The van der Waals surface area contributed by atoms with Crippen molar-refractivity contribution in [3.05, 3.63) is 43.8 Å². The molecule has 1 saturated heterocycles. The van der Waals surface area contributed by atoms with Gasteiger partial charge in [-0.25, -0.2) is 14.8 Å². The fraction of sp³-hybridized carbons (Fsp3) is 0.333. The van der Waals surface area contributed by atoms with Crippen LogP contribution in [0.2, 0.25) is 0 Å². The van der Waals surface area contributed by atoms with E-state index < -0.39 is 11.2 Å². The zero-order valence-corrected chi connectivity index (χ0v) is 12.6. The minimum Gasteiger partial charge on any atom is -0.354 e. The van der Waals surface area contributed by atoms with E-state index in [0.717, 1.165) is 17.6 Å². The van der Waals surface area contributed by atoms with Crippen LogP contribution in [-0.2, 0) is 0 Å². The number of nitrogens with one attached hydrogen (secondary N) is 2. The number of hydrogen-bond donors (Lipinski definition) is 2. The van der Waals surface area contributed by atoms with E-state index >= 15 is 0 Å². The number of aromatic nitrogens is 4. The van der Waals surface area contributed by atoms with E-state index in [1.165, 1.54) is 6.07 Å². The Bertz CT molecular complexity index is 704. The van der Waals surface area contributed by atoms with E-state index in [0.29, 0.717) is 24.9 Å². The number of rotatable bonds is 2. The van der Waals surface area contributed by atoms with Gasteiger partial charge in [0.15, 0.2) is 0 Å². The lowest BCUT2D eigenvalue weighted by Crippen LogP contribution is -2.48. The predicted octanol–water partition coefficient (Wildman–Crippen LogP) is -0.0577. The molecule has 0 aromatic carbocycles. The van der Waals surface area contributed by atoms with Gasteiger partial charge in [-0.3, -0.25) is 14.8 Å². The third-order valence-electron chi connectivity index (χ3n) is 3.26. The number of anilines is 2. The quantitative estimate of drug-likeness (QED) is 0.785. The number of halogens is 1. The summed E-state index contributed by atoms with van der Waals surface area (Å²) in [6.45, 7) is 2.80. The van der Waals surface area contributed by atoms with Gasteiger partial charge in [-0.2, -0.15) is 0 Å².